The summed E-state index contributed by atoms with van der Waals surface area (Å²) in [5, 5.41) is 36.1. The molecule has 0 aromatic heterocycles. The van der Waals surface area contributed by atoms with E-state index in [1.807, 2.05) is 6.26 Å². The lowest BCUT2D eigenvalue weighted by molar-refractivity contribution is -0.157. The van der Waals surface area contributed by atoms with Crippen LogP contribution in [0.1, 0.15) is 29.6 Å². The molecule has 3 amide bonds. The van der Waals surface area contributed by atoms with Crippen LogP contribution in [0, 0.1) is 0 Å². The van der Waals surface area contributed by atoms with E-state index in [0.717, 1.165) is 4.90 Å². The molecule has 4 atom stereocenters. The Labute approximate surface area is 178 Å². The number of nitrogens with one attached hydrogen (secondary N) is 2. The van der Waals surface area contributed by atoms with Crippen molar-refractivity contribution in [2.75, 3.05) is 19.9 Å². The highest BCUT2D eigenvalue weighted by Gasteiger charge is 2.49. The molecule has 1 aliphatic rings. The number of hydrogen-bond donors (Lipinski definition) is 6. The van der Waals surface area contributed by atoms with Crippen molar-refractivity contribution in [2.24, 2.45) is 5.73 Å². The van der Waals surface area contributed by atoms with Crippen LogP contribution in [0.4, 0.5) is 0 Å². The predicted octanol–water partition coefficient (Wildman–Crippen LogP) is -1.25. The average molecular weight is 442 g/mol. The summed E-state index contributed by atoms with van der Waals surface area (Å²) in [6, 6.07) is 3.89. The van der Waals surface area contributed by atoms with Gasteiger partial charge in [-0.1, -0.05) is 0 Å². The lowest BCUT2D eigenvalue weighted by Gasteiger charge is -2.41. The maximum atomic E-state index is 12.7. The molecule has 0 unspecified atom stereocenters. The number of thioether (sulfide) groups is 1. The number of hydrogen-bond acceptors (Lipinski definition) is 8. The van der Waals surface area contributed by atoms with Gasteiger partial charge in [-0.2, -0.15) is 0 Å². The summed E-state index contributed by atoms with van der Waals surface area (Å²) >= 11 is 1.48. The maximum Gasteiger partial charge on any atom is 0.255 e. The Morgan fingerprint density at radius 3 is 2.60 bits per heavy atom. The Hall–Kier alpha value is -2.34. The smallest absolute Gasteiger partial charge is 0.255 e. The number of carbonyl (C=O) groups is 3. The molecule has 0 spiro atoms. The molecule has 7 N–H and O–H groups in total. The number of primary amides is 1. The minimum Gasteiger partial charge on any atom is -0.496 e. The SMILES string of the molecule is COc1cc(SC)ccc1C(=O)N[C@@H]1C[C@@](O)(C(=O)NCCC(N)=O)C[C@@H](O)[C@@H]1O. The molecule has 1 aromatic carbocycles. The minimum atomic E-state index is -2.04. The van der Waals surface area contributed by atoms with Crippen molar-refractivity contribution in [3.05, 3.63) is 23.8 Å². The molecule has 0 bridgehead atoms. The molecule has 2 rings (SSSR count). The molecular weight excluding hydrogens is 414 g/mol. The first-order valence-corrected chi connectivity index (χ1v) is 10.5. The zero-order valence-corrected chi connectivity index (χ0v) is 17.6. The van der Waals surface area contributed by atoms with E-state index in [-0.39, 0.29) is 24.9 Å². The van der Waals surface area contributed by atoms with Gasteiger partial charge in [-0.15, -0.1) is 11.8 Å². The highest BCUT2D eigenvalue weighted by molar-refractivity contribution is 7.98. The molecule has 1 fully saturated rings. The fourth-order valence-corrected chi connectivity index (χ4v) is 3.75. The van der Waals surface area contributed by atoms with E-state index in [2.05, 4.69) is 10.6 Å². The molecule has 1 saturated carbocycles. The highest BCUT2D eigenvalue weighted by Crippen LogP contribution is 2.31. The number of ether oxygens (including phenoxy) is 1. The summed E-state index contributed by atoms with van der Waals surface area (Å²) in [5.74, 6) is -1.71. The van der Waals surface area contributed by atoms with E-state index in [4.69, 9.17) is 10.5 Å². The van der Waals surface area contributed by atoms with Crippen LogP contribution in [0.5, 0.6) is 5.75 Å². The number of nitrogens with two attached hydrogens (primary N) is 1. The summed E-state index contributed by atoms with van der Waals surface area (Å²) in [4.78, 5) is 36.8. The van der Waals surface area contributed by atoms with Crippen molar-refractivity contribution in [1.82, 2.24) is 10.6 Å². The number of rotatable bonds is 8. The van der Waals surface area contributed by atoms with Gasteiger partial charge < -0.3 is 36.4 Å². The van der Waals surface area contributed by atoms with Crippen LogP contribution in [0.3, 0.4) is 0 Å². The van der Waals surface area contributed by atoms with Crippen molar-refractivity contribution in [3.8, 4) is 5.75 Å². The van der Waals surface area contributed by atoms with E-state index in [0.29, 0.717) is 5.75 Å². The maximum absolute atomic E-state index is 12.7. The van der Waals surface area contributed by atoms with Crippen LogP contribution >= 0.6 is 11.8 Å². The molecule has 30 heavy (non-hydrogen) atoms. The molecular formula is C19H27N3O7S. The number of aliphatic hydroxyl groups is 3. The van der Waals surface area contributed by atoms with E-state index in [1.54, 1.807) is 18.2 Å². The van der Waals surface area contributed by atoms with E-state index < -0.39 is 48.0 Å². The Bertz CT molecular complexity index is 806. The van der Waals surface area contributed by atoms with Gasteiger partial charge in [0.15, 0.2) is 0 Å². The Balaban J connectivity index is 2.15. The van der Waals surface area contributed by atoms with Gasteiger partial charge in [0.1, 0.15) is 17.5 Å². The summed E-state index contributed by atoms with van der Waals surface area (Å²) in [6.45, 7) is -0.0782. The van der Waals surface area contributed by atoms with Crippen LogP contribution < -0.4 is 21.1 Å². The molecule has 1 aromatic rings. The van der Waals surface area contributed by atoms with Gasteiger partial charge in [0, 0.05) is 30.7 Å². The van der Waals surface area contributed by atoms with Crippen LogP contribution in [-0.4, -0.2) is 76.8 Å². The zero-order valence-electron chi connectivity index (χ0n) is 16.8. The Kier molecular flexibility index (Phi) is 8.07. The van der Waals surface area contributed by atoms with Gasteiger partial charge in [0.05, 0.1) is 24.8 Å². The van der Waals surface area contributed by atoms with Crippen molar-refractivity contribution < 1.29 is 34.4 Å². The molecule has 11 heteroatoms. The van der Waals surface area contributed by atoms with Crippen LogP contribution in [0.2, 0.25) is 0 Å². The second-order valence-corrected chi connectivity index (χ2v) is 8.00. The van der Waals surface area contributed by atoms with E-state index in [9.17, 15) is 29.7 Å². The molecule has 1 aliphatic carbocycles. The van der Waals surface area contributed by atoms with Crippen LogP contribution in [-0.2, 0) is 9.59 Å². The lowest BCUT2D eigenvalue weighted by Crippen LogP contribution is -2.63. The third kappa shape index (κ3) is 5.63. The Morgan fingerprint density at radius 1 is 1.30 bits per heavy atom. The summed E-state index contributed by atoms with van der Waals surface area (Å²) < 4.78 is 5.25. The van der Waals surface area contributed by atoms with Gasteiger partial charge >= 0.3 is 0 Å². The fraction of sp³-hybridized carbons (Fsp3) is 0.526. The largest absolute Gasteiger partial charge is 0.496 e. The van der Waals surface area contributed by atoms with Gasteiger partial charge in [-0.05, 0) is 24.5 Å². The van der Waals surface area contributed by atoms with Crippen LogP contribution in [0.15, 0.2) is 23.1 Å². The number of amides is 3. The minimum absolute atomic E-state index is 0.0782. The number of carbonyl (C=O) groups excluding carboxylic acids is 3. The number of benzene rings is 1. The van der Waals surface area contributed by atoms with Gasteiger partial charge in [-0.25, -0.2) is 0 Å². The third-order valence-corrected chi connectivity index (χ3v) is 5.69. The molecule has 10 nitrogen and oxygen atoms in total. The van der Waals surface area contributed by atoms with Crippen LogP contribution in [0.25, 0.3) is 0 Å². The molecule has 0 heterocycles. The molecule has 0 aliphatic heterocycles. The molecule has 166 valence electrons. The van der Waals surface area contributed by atoms with E-state index >= 15 is 0 Å². The monoisotopic (exact) mass is 441 g/mol. The quantitative estimate of drug-likeness (QED) is 0.272. The van der Waals surface area contributed by atoms with E-state index in [1.165, 1.54) is 18.9 Å². The summed E-state index contributed by atoms with van der Waals surface area (Å²) in [6.07, 6.45) is -1.82. The second kappa shape index (κ2) is 10.1. The fourth-order valence-electron chi connectivity index (χ4n) is 3.32. The van der Waals surface area contributed by atoms with Gasteiger partial charge in [0.2, 0.25) is 5.91 Å². The molecule has 0 saturated heterocycles. The van der Waals surface area contributed by atoms with Crippen molar-refractivity contribution in [1.29, 1.82) is 0 Å². The standard InChI is InChI=1S/C19H27N3O7S/c1-29-14-7-10(30-2)3-4-11(14)17(26)22-12-8-19(28,9-13(23)16(12)25)18(27)21-6-5-15(20)24/h3-4,7,12-13,16,23,25,28H,5-6,8-9H2,1-2H3,(H2,20,24)(H,21,27)(H,22,26)/t12-,13-,16-,19+/m1/s1. The van der Waals surface area contributed by atoms with Gasteiger partial charge in [-0.3, -0.25) is 14.4 Å². The average Bonchev–Trinajstić information content (AvgIpc) is 2.70. The second-order valence-electron chi connectivity index (χ2n) is 7.12. The molecule has 0 radical (unpaired) electrons. The first kappa shape index (κ1) is 23.9. The first-order chi connectivity index (χ1) is 14.1. The Morgan fingerprint density at radius 2 is 2.00 bits per heavy atom. The lowest BCUT2D eigenvalue weighted by atomic mass is 9.77. The predicted molar refractivity (Wildman–Crippen MR) is 109 cm³/mol. The summed E-state index contributed by atoms with van der Waals surface area (Å²) in [5.41, 5.74) is 3.18. The zero-order chi connectivity index (χ0) is 22.5. The topological polar surface area (TPSA) is 171 Å². The highest BCUT2D eigenvalue weighted by atomic mass is 32.2. The van der Waals surface area contributed by atoms with Crippen molar-refractivity contribution >= 4 is 29.5 Å². The number of aliphatic hydroxyl groups excluding tert-OH is 2. The first-order valence-electron chi connectivity index (χ1n) is 9.29. The normalized spacial score (nSPS) is 26.0. The third-order valence-electron chi connectivity index (χ3n) is 4.96. The van der Waals surface area contributed by atoms with Gasteiger partial charge in [0.25, 0.3) is 11.8 Å². The van der Waals surface area contributed by atoms with Crippen molar-refractivity contribution in [3.63, 3.8) is 0 Å². The van der Waals surface area contributed by atoms with Crippen molar-refractivity contribution in [2.45, 2.75) is 48.0 Å². The summed E-state index contributed by atoms with van der Waals surface area (Å²) in [7, 11) is 1.42. The number of methoxy groups -OCH3 is 1.